The molecular weight excluding hydrogens is 549 g/mol. The molecule has 2 unspecified atom stereocenters. The molecule has 39 heavy (non-hydrogen) atoms. The van der Waals surface area contributed by atoms with Crippen LogP contribution in [0.1, 0.15) is 55.4 Å². The zero-order valence-corrected chi connectivity index (χ0v) is 26.9. The fourth-order valence-corrected chi connectivity index (χ4v) is 6.47. The molecule has 1 fully saturated rings. The maximum Gasteiger partial charge on any atom is 0.303 e. The molecule has 0 aromatic rings. The van der Waals surface area contributed by atoms with Crippen LogP contribution in [-0.2, 0) is 51.9 Å². The summed E-state index contributed by atoms with van der Waals surface area (Å²) in [6.45, 7) is 19.7. The molecule has 0 aromatic carbocycles. The first-order chi connectivity index (χ1) is 17.9. The molecule has 0 radical (unpaired) electrons. The normalized spacial score (nSPS) is 23.0. The Balaban J connectivity index is 3.46. The van der Waals surface area contributed by atoms with Crippen molar-refractivity contribution in [2.45, 2.75) is 124 Å². The van der Waals surface area contributed by atoms with Crippen molar-refractivity contribution in [3.05, 3.63) is 0 Å². The molecule has 12 nitrogen and oxygen atoms in total. The van der Waals surface area contributed by atoms with Crippen LogP contribution >= 0.6 is 8.53 Å². The second kappa shape index (κ2) is 16.0. The lowest BCUT2D eigenvalue weighted by Crippen LogP contribution is -2.47. The predicted octanol–water partition coefficient (Wildman–Crippen LogP) is 3.79. The van der Waals surface area contributed by atoms with Gasteiger partial charge in [0.15, 0.2) is 18.3 Å². The van der Waals surface area contributed by atoms with Crippen LogP contribution < -0.4 is 0 Å². The highest BCUT2D eigenvalue weighted by Crippen LogP contribution is 2.50. The monoisotopic (exact) mass is 595 g/mol. The molecule has 0 aromatic heterocycles. The molecule has 0 spiro atoms. The Kier molecular flexibility index (Phi) is 14.5. The molecule has 0 aliphatic carbocycles. The quantitative estimate of drug-likeness (QED) is 0.118. The molecular formula is C25H46NO11PSi. The Morgan fingerprint density at radius 1 is 0.846 bits per heavy atom. The minimum atomic E-state index is -1.73. The summed E-state index contributed by atoms with van der Waals surface area (Å²) in [5.74, 6) is -2.62. The number of nitrogens with zero attached hydrogens (tertiary/aromatic N) is 1. The summed E-state index contributed by atoms with van der Waals surface area (Å²) < 4.78 is 42.4. The molecule has 0 N–H and O–H groups in total. The molecule has 0 amide bonds. The highest BCUT2D eigenvalue weighted by molar-refractivity contribution is 7.44. The van der Waals surface area contributed by atoms with Crippen molar-refractivity contribution < 1.29 is 51.9 Å². The first kappa shape index (κ1) is 35.4. The third-order valence-corrected chi connectivity index (χ3v) is 9.24. The number of carbonyl (C=O) groups excluding carboxylic acids is 4. The van der Waals surface area contributed by atoms with E-state index >= 15 is 0 Å². The maximum atomic E-state index is 12.1. The van der Waals surface area contributed by atoms with Crippen molar-refractivity contribution >= 4 is 40.5 Å². The van der Waals surface area contributed by atoms with E-state index in [1.165, 1.54) is 27.7 Å². The van der Waals surface area contributed by atoms with Crippen LogP contribution in [0.15, 0.2) is 0 Å². The maximum absolute atomic E-state index is 12.1. The number of ether oxygens (including phenoxy) is 5. The van der Waals surface area contributed by atoms with Crippen LogP contribution in [0.2, 0.25) is 25.7 Å². The molecule has 1 saturated heterocycles. The Hall–Kier alpha value is -1.63. The third-order valence-electron chi connectivity index (χ3n) is 5.44. The first-order valence-corrected chi connectivity index (χ1v) is 17.9. The topological polar surface area (TPSA) is 136 Å². The number of hydrogen-bond donors (Lipinski definition) is 0. The van der Waals surface area contributed by atoms with Gasteiger partial charge in [0.05, 0.1) is 6.61 Å². The fourth-order valence-electron chi connectivity index (χ4n) is 3.93. The molecule has 0 bridgehead atoms. The van der Waals surface area contributed by atoms with Crippen molar-refractivity contribution in [3.63, 3.8) is 0 Å². The van der Waals surface area contributed by atoms with Crippen molar-refractivity contribution in [2.24, 2.45) is 0 Å². The summed E-state index contributed by atoms with van der Waals surface area (Å²) in [7, 11) is -3.14. The summed E-state index contributed by atoms with van der Waals surface area (Å²) in [5.41, 5.74) is 0. The van der Waals surface area contributed by atoms with Gasteiger partial charge >= 0.3 is 23.9 Å². The lowest BCUT2D eigenvalue weighted by atomic mass is 10.1. The Labute approximate surface area is 234 Å². The van der Waals surface area contributed by atoms with Crippen LogP contribution in [0.4, 0.5) is 0 Å². The van der Waals surface area contributed by atoms with E-state index in [4.69, 9.17) is 32.7 Å². The summed E-state index contributed by atoms with van der Waals surface area (Å²) in [6, 6.07) is 0.970. The zero-order valence-electron chi connectivity index (χ0n) is 25.0. The minimum Gasteiger partial charge on any atom is -0.462 e. The van der Waals surface area contributed by atoms with Gasteiger partial charge < -0.3 is 28.2 Å². The highest BCUT2D eigenvalue weighted by atomic mass is 31.2. The predicted molar refractivity (Wildman–Crippen MR) is 146 cm³/mol. The number of hydrogen-bond acceptors (Lipinski definition) is 12. The third kappa shape index (κ3) is 12.6. The summed E-state index contributed by atoms with van der Waals surface area (Å²) >= 11 is 0. The van der Waals surface area contributed by atoms with Crippen LogP contribution in [0.25, 0.3) is 0 Å². The van der Waals surface area contributed by atoms with Gasteiger partial charge in [-0.05, 0) is 33.7 Å². The molecule has 226 valence electrons. The van der Waals surface area contributed by atoms with Crippen LogP contribution in [0.3, 0.4) is 0 Å². The zero-order chi connectivity index (χ0) is 30.1. The van der Waals surface area contributed by atoms with E-state index in [-0.39, 0.29) is 18.7 Å². The average Bonchev–Trinajstić information content (AvgIpc) is 3.05. The molecule has 14 heteroatoms. The molecule has 1 heterocycles. The van der Waals surface area contributed by atoms with Gasteiger partial charge in [-0.2, -0.15) is 0 Å². The molecule has 6 atom stereocenters. The molecule has 1 aliphatic rings. The van der Waals surface area contributed by atoms with Gasteiger partial charge in [-0.15, -0.1) is 0 Å². The second-order valence-electron chi connectivity index (χ2n) is 11.1. The van der Waals surface area contributed by atoms with Gasteiger partial charge in [-0.25, -0.2) is 4.67 Å². The van der Waals surface area contributed by atoms with E-state index in [1.54, 1.807) is 0 Å². The van der Waals surface area contributed by atoms with Crippen molar-refractivity contribution in [2.75, 3.05) is 13.2 Å². The van der Waals surface area contributed by atoms with E-state index in [0.29, 0.717) is 6.61 Å². The van der Waals surface area contributed by atoms with E-state index < -0.39 is 71.2 Å². The summed E-state index contributed by atoms with van der Waals surface area (Å²) in [6.07, 6.45) is -6.01. The van der Waals surface area contributed by atoms with E-state index in [1.807, 2.05) is 27.7 Å². The SMILES string of the molecule is CC(=O)OC[C@@H](OC(C)=O)[C@H]1OC(OP(OCC[Si](C)(C)C)N(C(C)C)C(C)C)[C@H](OC(C)=O)[C@H]1OC(C)=O. The number of rotatable bonds is 15. The Morgan fingerprint density at radius 3 is 1.82 bits per heavy atom. The largest absolute Gasteiger partial charge is 0.462 e. The second-order valence-corrected chi connectivity index (χ2v) is 18.2. The van der Waals surface area contributed by atoms with Crippen molar-refractivity contribution in [3.8, 4) is 0 Å². The summed E-state index contributed by atoms with van der Waals surface area (Å²) in [4.78, 5) is 47.5. The van der Waals surface area contributed by atoms with E-state index in [0.717, 1.165) is 6.04 Å². The number of esters is 4. The van der Waals surface area contributed by atoms with Gasteiger partial charge in [0, 0.05) is 47.9 Å². The standard InChI is InChI=1S/C25H46NO11PSi/c1-15(2)26(16(3)4)38(32-12-13-39(9,10)11)37-25-24(35-20(8)30)23(34-19(7)29)22(36-25)21(33-18(6)28)14-31-17(5)27/h15-16,21-25H,12-14H2,1-11H3/t21-,22-,23+,24-,25?,38?/m1/s1. The van der Waals surface area contributed by atoms with E-state index in [2.05, 4.69) is 24.3 Å². The number of carbonyl (C=O) groups is 4. The highest BCUT2D eigenvalue weighted by Gasteiger charge is 2.55. The Bertz CT molecular complexity index is 827. The van der Waals surface area contributed by atoms with Gasteiger partial charge in [0.2, 0.25) is 6.29 Å². The van der Waals surface area contributed by atoms with Gasteiger partial charge in [-0.3, -0.25) is 23.7 Å². The average molecular weight is 596 g/mol. The summed E-state index contributed by atoms with van der Waals surface area (Å²) in [5, 5.41) is 0. The molecule has 0 saturated carbocycles. The van der Waals surface area contributed by atoms with Crippen molar-refractivity contribution in [1.29, 1.82) is 0 Å². The van der Waals surface area contributed by atoms with Crippen molar-refractivity contribution in [1.82, 2.24) is 4.67 Å². The first-order valence-electron chi connectivity index (χ1n) is 13.1. The van der Waals surface area contributed by atoms with Crippen LogP contribution in [0, 0.1) is 0 Å². The fraction of sp³-hybridized carbons (Fsp3) is 0.840. The smallest absolute Gasteiger partial charge is 0.303 e. The van der Waals surface area contributed by atoms with Gasteiger partial charge in [0.25, 0.3) is 8.53 Å². The minimum absolute atomic E-state index is 0.0365. The Morgan fingerprint density at radius 2 is 1.38 bits per heavy atom. The van der Waals surface area contributed by atoms with Crippen LogP contribution in [0.5, 0.6) is 0 Å². The lowest BCUT2D eigenvalue weighted by Gasteiger charge is -2.37. The van der Waals surface area contributed by atoms with Crippen LogP contribution in [-0.4, -0.2) is 92.6 Å². The van der Waals surface area contributed by atoms with E-state index in [9.17, 15) is 19.2 Å². The van der Waals surface area contributed by atoms with Gasteiger partial charge in [0.1, 0.15) is 12.7 Å². The van der Waals surface area contributed by atoms with Gasteiger partial charge in [-0.1, -0.05) is 19.6 Å². The molecule has 1 aliphatic heterocycles. The molecule has 1 rings (SSSR count). The lowest BCUT2D eigenvalue weighted by molar-refractivity contribution is -0.181.